The monoisotopic (exact) mass is 314 g/mol. The molecule has 0 radical (unpaired) electrons. The Labute approximate surface area is 127 Å². The lowest BCUT2D eigenvalue weighted by Gasteiger charge is -2.33. The zero-order valence-electron chi connectivity index (χ0n) is 12.1. The minimum atomic E-state index is -2.24. The molecule has 1 aliphatic rings. The molecule has 1 aliphatic heterocycles. The summed E-state index contributed by atoms with van der Waals surface area (Å²) in [7, 11) is -2.24. The molecule has 2 aromatic rings. The Morgan fingerprint density at radius 2 is 1.27 bits per heavy atom. The summed E-state index contributed by atoms with van der Waals surface area (Å²) in [6.45, 7) is 4.12. The molecular formula is C16H14O5Si. The molecule has 0 aliphatic carbocycles. The number of benzene rings is 2. The van der Waals surface area contributed by atoms with Crippen LogP contribution >= 0.6 is 0 Å². The number of carbonyl (C=O) groups is 2. The Morgan fingerprint density at radius 1 is 0.864 bits per heavy atom. The molecule has 6 heteroatoms. The van der Waals surface area contributed by atoms with E-state index in [0.717, 1.165) is 10.4 Å². The van der Waals surface area contributed by atoms with Crippen molar-refractivity contribution in [1.29, 1.82) is 0 Å². The van der Waals surface area contributed by atoms with Crippen LogP contribution in [0.15, 0.2) is 36.4 Å². The molecule has 0 bridgehead atoms. The van der Waals surface area contributed by atoms with Crippen LogP contribution in [0, 0.1) is 0 Å². The first-order chi connectivity index (χ1) is 10.3. The van der Waals surface area contributed by atoms with Crippen LogP contribution in [0.25, 0.3) is 0 Å². The molecule has 3 rings (SSSR count). The maximum atomic E-state index is 11.2. The van der Waals surface area contributed by atoms with Crippen molar-refractivity contribution in [3.8, 4) is 11.5 Å². The maximum absolute atomic E-state index is 11.2. The molecule has 112 valence electrons. The third kappa shape index (κ3) is 2.08. The predicted molar refractivity (Wildman–Crippen MR) is 83.6 cm³/mol. The molecule has 0 spiro atoms. The van der Waals surface area contributed by atoms with Gasteiger partial charge in [-0.25, -0.2) is 9.59 Å². The highest BCUT2D eigenvalue weighted by atomic mass is 28.3. The fourth-order valence-corrected chi connectivity index (χ4v) is 5.57. The lowest BCUT2D eigenvalue weighted by Crippen LogP contribution is -2.56. The van der Waals surface area contributed by atoms with Crippen molar-refractivity contribution in [1.82, 2.24) is 0 Å². The molecule has 0 saturated carbocycles. The van der Waals surface area contributed by atoms with Gasteiger partial charge in [0.1, 0.15) is 19.6 Å². The van der Waals surface area contributed by atoms with Gasteiger partial charge in [-0.05, 0) is 46.8 Å². The first kappa shape index (κ1) is 14.3. The van der Waals surface area contributed by atoms with Crippen LogP contribution in [0.1, 0.15) is 20.7 Å². The van der Waals surface area contributed by atoms with E-state index in [2.05, 4.69) is 13.1 Å². The highest BCUT2D eigenvalue weighted by Crippen LogP contribution is 2.29. The molecule has 22 heavy (non-hydrogen) atoms. The Hall–Kier alpha value is -2.60. The van der Waals surface area contributed by atoms with Gasteiger partial charge in [0, 0.05) is 0 Å². The van der Waals surface area contributed by atoms with E-state index in [9.17, 15) is 9.59 Å². The minimum Gasteiger partial charge on any atom is -0.478 e. The zero-order valence-corrected chi connectivity index (χ0v) is 13.1. The lowest BCUT2D eigenvalue weighted by atomic mass is 10.2. The van der Waals surface area contributed by atoms with E-state index in [1.54, 1.807) is 24.3 Å². The SMILES string of the molecule is C[Si]1(C)c2cc(C(=O)O)ccc2Oc2ccc(C(=O)O)cc21. The van der Waals surface area contributed by atoms with Crippen molar-refractivity contribution < 1.29 is 24.5 Å². The average Bonchev–Trinajstić information content (AvgIpc) is 2.46. The van der Waals surface area contributed by atoms with Gasteiger partial charge >= 0.3 is 11.9 Å². The molecular weight excluding hydrogens is 300 g/mol. The van der Waals surface area contributed by atoms with Crippen LogP contribution in [0.3, 0.4) is 0 Å². The molecule has 1 heterocycles. The van der Waals surface area contributed by atoms with Crippen LogP contribution in [0.5, 0.6) is 11.5 Å². The zero-order chi connectivity index (χ0) is 16.1. The molecule has 0 unspecified atom stereocenters. The number of aromatic carboxylic acids is 2. The predicted octanol–water partition coefficient (Wildman–Crippen LogP) is 2.01. The number of ether oxygens (including phenoxy) is 1. The van der Waals surface area contributed by atoms with Gasteiger partial charge < -0.3 is 14.9 Å². The maximum Gasteiger partial charge on any atom is 0.335 e. The van der Waals surface area contributed by atoms with E-state index in [1.165, 1.54) is 12.1 Å². The summed E-state index contributed by atoms with van der Waals surface area (Å²) >= 11 is 0. The summed E-state index contributed by atoms with van der Waals surface area (Å²) in [6.07, 6.45) is 0. The van der Waals surface area contributed by atoms with E-state index in [4.69, 9.17) is 14.9 Å². The summed E-state index contributed by atoms with van der Waals surface area (Å²) in [4.78, 5) is 22.4. The van der Waals surface area contributed by atoms with Crippen molar-refractivity contribution in [3.05, 3.63) is 47.5 Å². The normalized spacial score (nSPS) is 14.5. The van der Waals surface area contributed by atoms with Crippen LogP contribution in [0.4, 0.5) is 0 Å². The molecule has 0 amide bonds. The van der Waals surface area contributed by atoms with E-state index in [1.807, 2.05) is 0 Å². The van der Waals surface area contributed by atoms with Gasteiger partial charge in [-0.1, -0.05) is 13.1 Å². The molecule has 0 atom stereocenters. The first-order valence-corrected chi connectivity index (χ1v) is 9.74. The quantitative estimate of drug-likeness (QED) is 0.829. The molecule has 2 aromatic carbocycles. The second-order valence-corrected chi connectivity index (χ2v) is 10.1. The topological polar surface area (TPSA) is 83.8 Å². The molecule has 0 saturated heterocycles. The first-order valence-electron chi connectivity index (χ1n) is 6.74. The van der Waals surface area contributed by atoms with E-state index in [-0.39, 0.29) is 11.1 Å². The van der Waals surface area contributed by atoms with Crippen molar-refractivity contribution in [3.63, 3.8) is 0 Å². The van der Waals surface area contributed by atoms with Gasteiger partial charge in [0.05, 0.1) is 11.1 Å². The number of fused-ring (bicyclic) bond motifs is 2. The van der Waals surface area contributed by atoms with Crippen LogP contribution in [0.2, 0.25) is 13.1 Å². The Kier molecular flexibility index (Phi) is 3.07. The van der Waals surface area contributed by atoms with Crippen molar-refractivity contribution in [2.24, 2.45) is 0 Å². The molecule has 2 N–H and O–H groups in total. The highest BCUT2D eigenvalue weighted by molar-refractivity contribution is 7.01. The summed E-state index contributed by atoms with van der Waals surface area (Å²) in [6, 6.07) is 9.65. The van der Waals surface area contributed by atoms with Crippen LogP contribution in [-0.2, 0) is 0 Å². The Bertz CT molecular complexity index is 745. The van der Waals surface area contributed by atoms with E-state index in [0.29, 0.717) is 11.5 Å². The van der Waals surface area contributed by atoms with E-state index >= 15 is 0 Å². The average molecular weight is 314 g/mol. The number of hydrogen-bond donors (Lipinski definition) is 2. The second-order valence-electron chi connectivity index (χ2n) is 5.76. The number of carboxylic acid groups (broad SMARTS) is 2. The lowest BCUT2D eigenvalue weighted by molar-refractivity contribution is 0.0686. The van der Waals surface area contributed by atoms with E-state index < -0.39 is 20.0 Å². The number of rotatable bonds is 2. The standard InChI is InChI=1S/C16H14O5Si/c1-22(2)13-7-9(15(17)18)3-5-11(13)21-12-6-4-10(16(19)20)8-14(12)22/h3-8H,1-2H3,(H,17,18)(H,19,20). The summed E-state index contributed by atoms with van der Waals surface area (Å²) in [5.74, 6) is -0.676. The second kappa shape index (κ2) is 4.71. The van der Waals surface area contributed by atoms with Gasteiger partial charge in [0.2, 0.25) is 0 Å². The summed E-state index contributed by atoms with van der Waals surface area (Å²) in [5.41, 5.74) is 0.418. The van der Waals surface area contributed by atoms with Gasteiger partial charge in [-0.3, -0.25) is 0 Å². The Balaban J connectivity index is 2.20. The number of hydrogen-bond acceptors (Lipinski definition) is 3. The molecule has 5 nitrogen and oxygen atoms in total. The summed E-state index contributed by atoms with van der Waals surface area (Å²) < 4.78 is 5.83. The minimum absolute atomic E-state index is 0.209. The summed E-state index contributed by atoms with van der Waals surface area (Å²) in [5, 5.41) is 20.1. The van der Waals surface area contributed by atoms with Gasteiger partial charge in [0.25, 0.3) is 0 Å². The third-order valence-corrected chi connectivity index (χ3v) is 7.49. The fourth-order valence-electron chi connectivity index (χ4n) is 2.74. The van der Waals surface area contributed by atoms with Gasteiger partial charge in [-0.15, -0.1) is 0 Å². The molecule has 0 fully saturated rings. The van der Waals surface area contributed by atoms with Crippen LogP contribution in [-0.4, -0.2) is 30.2 Å². The molecule has 0 aromatic heterocycles. The van der Waals surface area contributed by atoms with Crippen molar-refractivity contribution in [2.45, 2.75) is 13.1 Å². The van der Waals surface area contributed by atoms with Crippen molar-refractivity contribution in [2.75, 3.05) is 0 Å². The van der Waals surface area contributed by atoms with Crippen LogP contribution < -0.4 is 15.1 Å². The van der Waals surface area contributed by atoms with Gasteiger partial charge in [-0.2, -0.15) is 0 Å². The van der Waals surface area contributed by atoms with Crippen molar-refractivity contribution >= 4 is 30.4 Å². The Morgan fingerprint density at radius 3 is 1.64 bits per heavy atom. The third-order valence-electron chi connectivity index (χ3n) is 4.02. The number of carboxylic acids is 2. The van der Waals surface area contributed by atoms with Gasteiger partial charge in [0.15, 0.2) is 0 Å². The smallest absolute Gasteiger partial charge is 0.335 e. The fraction of sp³-hybridized carbons (Fsp3) is 0.125. The highest BCUT2D eigenvalue weighted by Gasteiger charge is 2.37. The largest absolute Gasteiger partial charge is 0.478 e.